The Morgan fingerprint density at radius 2 is 2.25 bits per heavy atom. The molecule has 0 spiro atoms. The third-order valence-corrected chi connectivity index (χ3v) is 4.12. The number of hydrogen-bond donors (Lipinski definition) is 1. The molecule has 1 aliphatic rings. The standard InChI is InChI=1S/C17H17N5O2/c1-11-4-5-18-16(21-11)15-9-22(6-7-24-15)17(23)12-2-3-13-14(8-12)20-10-19-13/h2-5,8,10,15H,6-7,9H2,1H3,(H,19,20)/t15-/m1/s1. The van der Waals surface area contributed by atoms with Crippen molar-refractivity contribution in [2.75, 3.05) is 19.7 Å². The van der Waals surface area contributed by atoms with Gasteiger partial charge in [-0.2, -0.15) is 0 Å². The molecule has 0 bridgehead atoms. The van der Waals surface area contributed by atoms with Gasteiger partial charge < -0.3 is 14.6 Å². The molecular weight excluding hydrogens is 306 g/mol. The number of hydrogen-bond acceptors (Lipinski definition) is 5. The number of aryl methyl sites for hydroxylation is 1. The van der Waals surface area contributed by atoms with E-state index in [0.717, 1.165) is 16.7 Å². The summed E-state index contributed by atoms with van der Waals surface area (Å²) in [5.74, 6) is 0.601. The van der Waals surface area contributed by atoms with E-state index in [1.165, 1.54) is 0 Å². The normalized spacial score (nSPS) is 18.0. The molecule has 1 N–H and O–H groups in total. The van der Waals surface area contributed by atoms with Gasteiger partial charge in [0.05, 0.1) is 30.5 Å². The second-order valence-electron chi connectivity index (χ2n) is 5.80. The maximum absolute atomic E-state index is 12.8. The molecule has 1 saturated heterocycles. The van der Waals surface area contributed by atoms with Gasteiger partial charge in [0.2, 0.25) is 0 Å². The Bertz CT molecular complexity index is 891. The quantitative estimate of drug-likeness (QED) is 0.778. The lowest BCUT2D eigenvalue weighted by Gasteiger charge is -2.32. The van der Waals surface area contributed by atoms with Crippen LogP contribution in [0.1, 0.15) is 28.0 Å². The van der Waals surface area contributed by atoms with Gasteiger partial charge in [-0.1, -0.05) is 0 Å². The molecular formula is C17H17N5O2. The van der Waals surface area contributed by atoms with Crippen LogP contribution >= 0.6 is 0 Å². The number of benzene rings is 1. The van der Waals surface area contributed by atoms with Crippen molar-refractivity contribution in [3.63, 3.8) is 0 Å². The largest absolute Gasteiger partial charge is 0.367 e. The number of carbonyl (C=O) groups excluding carboxylic acids is 1. The van der Waals surface area contributed by atoms with Crippen LogP contribution < -0.4 is 0 Å². The van der Waals surface area contributed by atoms with Crippen LogP contribution in [-0.4, -0.2) is 50.4 Å². The van der Waals surface area contributed by atoms with E-state index < -0.39 is 0 Å². The molecule has 3 aromatic rings. The van der Waals surface area contributed by atoms with Crippen LogP contribution in [0.15, 0.2) is 36.8 Å². The number of rotatable bonds is 2. The van der Waals surface area contributed by atoms with E-state index in [1.54, 1.807) is 23.5 Å². The third-order valence-electron chi connectivity index (χ3n) is 4.12. The van der Waals surface area contributed by atoms with Crippen LogP contribution in [0.4, 0.5) is 0 Å². The Morgan fingerprint density at radius 3 is 3.12 bits per heavy atom. The van der Waals surface area contributed by atoms with Crippen LogP contribution in [0.25, 0.3) is 11.0 Å². The molecule has 1 atom stereocenters. The SMILES string of the molecule is Cc1ccnc([C@H]2CN(C(=O)c3ccc4nc[nH]c4c3)CCO2)n1. The van der Waals surface area contributed by atoms with Gasteiger partial charge in [-0.05, 0) is 31.2 Å². The number of nitrogens with zero attached hydrogens (tertiary/aromatic N) is 4. The Morgan fingerprint density at radius 1 is 1.33 bits per heavy atom. The summed E-state index contributed by atoms with van der Waals surface area (Å²) in [4.78, 5) is 30.5. The van der Waals surface area contributed by atoms with E-state index in [9.17, 15) is 4.79 Å². The number of amides is 1. The van der Waals surface area contributed by atoms with Gasteiger partial charge >= 0.3 is 0 Å². The number of H-pyrrole nitrogens is 1. The van der Waals surface area contributed by atoms with Crippen molar-refractivity contribution >= 4 is 16.9 Å². The van der Waals surface area contributed by atoms with Gasteiger partial charge in [0.25, 0.3) is 5.91 Å². The van der Waals surface area contributed by atoms with E-state index in [-0.39, 0.29) is 12.0 Å². The van der Waals surface area contributed by atoms with Crippen molar-refractivity contribution in [3.8, 4) is 0 Å². The zero-order valence-electron chi connectivity index (χ0n) is 13.3. The van der Waals surface area contributed by atoms with Gasteiger partial charge in [-0.25, -0.2) is 15.0 Å². The average molecular weight is 323 g/mol. The molecule has 0 unspecified atom stereocenters. The highest BCUT2D eigenvalue weighted by molar-refractivity contribution is 5.97. The molecule has 2 aromatic heterocycles. The first kappa shape index (κ1) is 14.8. The lowest BCUT2D eigenvalue weighted by atomic mass is 10.1. The number of aromatic nitrogens is 4. The van der Waals surface area contributed by atoms with Gasteiger partial charge in [0.1, 0.15) is 6.10 Å². The molecule has 0 saturated carbocycles. The first-order valence-electron chi connectivity index (χ1n) is 7.84. The van der Waals surface area contributed by atoms with Crippen molar-refractivity contribution in [1.82, 2.24) is 24.8 Å². The van der Waals surface area contributed by atoms with Crippen molar-refractivity contribution < 1.29 is 9.53 Å². The summed E-state index contributed by atoms with van der Waals surface area (Å²) in [5.41, 5.74) is 3.22. The molecule has 3 heterocycles. The topological polar surface area (TPSA) is 84.0 Å². The lowest BCUT2D eigenvalue weighted by Crippen LogP contribution is -2.42. The first-order valence-corrected chi connectivity index (χ1v) is 7.84. The number of imidazole rings is 1. The summed E-state index contributed by atoms with van der Waals surface area (Å²) in [6.07, 6.45) is 3.05. The molecule has 0 aliphatic carbocycles. The van der Waals surface area contributed by atoms with Gasteiger partial charge in [0.15, 0.2) is 5.82 Å². The van der Waals surface area contributed by atoms with Crippen molar-refractivity contribution in [3.05, 3.63) is 53.9 Å². The van der Waals surface area contributed by atoms with Crippen LogP contribution in [0.3, 0.4) is 0 Å². The molecule has 1 fully saturated rings. The number of nitrogens with one attached hydrogen (secondary N) is 1. The fraction of sp³-hybridized carbons (Fsp3) is 0.294. The summed E-state index contributed by atoms with van der Waals surface area (Å²) in [7, 11) is 0. The summed E-state index contributed by atoms with van der Waals surface area (Å²) in [6, 6.07) is 7.33. The molecule has 4 rings (SSSR count). The maximum atomic E-state index is 12.8. The summed E-state index contributed by atoms with van der Waals surface area (Å²) < 4.78 is 5.76. The Kier molecular flexibility index (Phi) is 3.70. The fourth-order valence-electron chi connectivity index (χ4n) is 2.86. The monoisotopic (exact) mass is 323 g/mol. The minimum absolute atomic E-state index is 0.0209. The highest BCUT2D eigenvalue weighted by Gasteiger charge is 2.28. The second-order valence-corrected chi connectivity index (χ2v) is 5.80. The predicted molar refractivity (Wildman–Crippen MR) is 87.5 cm³/mol. The second kappa shape index (κ2) is 6.01. The van der Waals surface area contributed by atoms with Crippen LogP contribution in [0.2, 0.25) is 0 Å². The third kappa shape index (κ3) is 2.74. The van der Waals surface area contributed by atoms with Crippen molar-refractivity contribution in [1.29, 1.82) is 0 Å². The van der Waals surface area contributed by atoms with Gasteiger partial charge in [0, 0.05) is 24.0 Å². The molecule has 0 radical (unpaired) electrons. The number of fused-ring (bicyclic) bond motifs is 1. The van der Waals surface area contributed by atoms with Gasteiger partial charge in [-0.15, -0.1) is 0 Å². The van der Waals surface area contributed by atoms with Crippen LogP contribution in [0.5, 0.6) is 0 Å². The zero-order chi connectivity index (χ0) is 16.5. The van der Waals surface area contributed by atoms with Gasteiger partial charge in [-0.3, -0.25) is 4.79 Å². The number of morpholine rings is 1. The van der Waals surface area contributed by atoms with E-state index in [0.29, 0.717) is 31.1 Å². The lowest BCUT2D eigenvalue weighted by molar-refractivity contribution is -0.0268. The first-order chi connectivity index (χ1) is 11.7. The molecule has 1 aliphatic heterocycles. The zero-order valence-corrected chi connectivity index (χ0v) is 13.3. The van der Waals surface area contributed by atoms with E-state index in [4.69, 9.17) is 4.74 Å². The van der Waals surface area contributed by atoms with E-state index in [2.05, 4.69) is 19.9 Å². The number of ether oxygens (including phenoxy) is 1. The highest BCUT2D eigenvalue weighted by Crippen LogP contribution is 2.21. The summed E-state index contributed by atoms with van der Waals surface area (Å²) >= 11 is 0. The Hall–Kier alpha value is -2.80. The van der Waals surface area contributed by atoms with E-state index in [1.807, 2.05) is 25.1 Å². The van der Waals surface area contributed by atoms with Crippen molar-refractivity contribution in [2.45, 2.75) is 13.0 Å². The molecule has 1 amide bonds. The number of carbonyl (C=O) groups is 1. The highest BCUT2D eigenvalue weighted by atomic mass is 16.5. The Labute approximate surface area is 138 Å². The molecule has 7 heteroatoms. The summed E-state index contributed by atoms with van der Waals surface area (Å²) in [6.45, 7) is 3.39. The summed E-state index contributed by atoms with van der Waals surface area (Å²) in [5, 5.41) is 0. The van der Waals surface area contributed by atoms with Crippen molar-refractivity contribution in [2.24, 2.45) is 0 Å². The molecule has 1 aromatic carbocycles. The fourth-order valence-corrected chi connectivity index (χ4v) is 2.86. The maximum Gasteiger partial charge on any atom is 0.254 e. The average Bonchev–Trinajstić information content (AvgIpc) is 3.09. The molecule has 24 heavy (non-hydrogen) atoms. The number of aromatic amines is 1. The minimum atomic E-state index is -0.293. The molecule has 122 valence electrons. The van der Waals surface area contributed by atoms with Crippen LogP contribution in [-0.2, 0) is 4.74 Å². The minimum Gasteiger partial charge on any atom is -0.367 e. The van der Waals surface area contributed by atoms with Crippen LogP contribution in [0, 0.1) is 6.92 Å². The predicted octanol–water partition coefficient (Wildman–Crippen LogP) is 1.88. The molecule has 7 nitrogen and oxygen atoms in total. The smallest absolute Gasteiger partial charge is 0.254 e. The van der Waals surface area contributed by atoms with E-state index >= 15 is 0 Å². The Balaban J connectivity index is 1.55.